The molecule has 0 aromatic carbocycles. The molecule has 1 aliphatic carbocycles. The van der Waals surface area contributed by atoms with Crippen LogP contribution in [0.3, 0.4) is 0 Å². The molecule has 2 fully saturated rings. The standard InChI is InChI=1S/C13H18BN3O/c1-3-12(18)16-7-13(8-16)4-10(5-13)17-9(2)11(14)6-15-17/h3,6,10H,1,4-5,7-8,14H2,2H3. The van der Waals surface area contributed by atoms with E-state index >= 15 is 0 Å². The first-order valence-electron chi connectivity index (χ1n) is 6.47. The molecule has 1 amide bonds. The molecule has 18 heavy (non-hydrogen) atoms. The van der Waals surface area contributed by atoms with Crippen LogP contribution in [0.25, 0.3) is 0 Å². The summed E-state index contributed by atoms with van der Waals surface area (Å²) < 4.78 is 2.15. The van der Waals surface area contributed by atoms with Crippen molar-refractivity contribution >= 4 is 19.2 Å². The molecule has 1 aromatic rings. The molecule has 0 radical (unpaired) electrons. The van der Waals surface area contributed by atoms with E-state index in [1.807, 2.05) is 11.1 Å². The van der Waals surface area contributed by atoms with Crippen LogP contribution in [0, 0.1) is 12.3 Å². The number of aromatic nitrogens is 2. The Balaban J connectivity index is 1.60. The maximum absolute atomic E-state index is 11.4. The van der Waals surface area contributed by atoms with Crippen molar-refractivity contribution in [2.45, 2.75) is 25.8 Å². The molecule has 0 atom stereocenters. The van der Waals surface area contributed by atoms with E-state index in [0.717, 1.165) is 25.9 Å². The fourth-order valence-electron chi connectivity index (χ4n) is 3.30. The maximum atomic E-state index is 11.4. The molecule has 1 spiro atoms. The Hall–Kier alpha value is -1.52. The molecule has 1 aromatic heterocycles. The van der Waals surface area contributed by atoms with Gasteiger partial charge in [-0.3, -0.25) is 9.48 Å². The Kier molecular flexibility index (Phi) is 2.40. The Bertz CT molecular complexity index is 508. The van der Waals surface area contributed by atoms with E-state index in [0.29, 0.717) is 11.5 Å². The minimum absolute atomic E-state index is 0.0650. The van der Waals surface area contributed by atoms with Crippen LogP contribution in [0.5, 0.6) is 0 Å². The molecule has 1 aliphatic heterocycles. The zero-order valence-electron chi connectivity index (χ0n) is 11.0. The molecule has 4 nitrogen and oxygen atoms in total. The van der Waals surface area contributed by atoms with Crippen molar-refractivity contribution in [3.8, 4) is 0 Å². The van der Waals surface area contributed by atoms with Crippen molar-refractivity contribution in [3.05, 3.63) is 24.5 Å². The summed E-state index contributed by atoms with van der Waals surface area (Å²) in [5.41, 5.74) is 2.90. The predicted molar refractivity (Wildman–Crippen MR) is 72.6 cm³/mol. The van der Waals surface area contributed by atoms with E-state index < -0.39 is 0 Å². The SMILES string of the molecule is Bc1cnn(C2CC3(C2)CN(C(=O)C=C)C3)c1C. The summed E-state index contributed by atoms with van der Waals surface area (Å²) in [5, 5.41) is 4.45. The van der Waals surface area contributed by atoms with Crippen LogP contribution in [0.1, 0.15) is 24.6 Å². The minimum atomic E-state index is 0.0650. The van der Waals surface area contributed by atoms with Gasteiger partial charge in [0.25, 0.3) is 0 Å². The molecule has 0 N–H and O–H groups in total. The number of amides is 1. The van der Waals surface area contributed by atoms with Gasteiger partial charge >= 0.3 is 0 Å². The van der Waals surface area contributed by atoms with Crippen molar-refractivity contribution in [1.82, 2.24) is 14.7 Å². The van der Waals surface area contributed by atoms with Crippen LogP contribution >= 0.6 is 0 Å². The first kappa shape index (κ1) is 11.6. The normalized spacial score (nSPS) is 21.5. The molecule has 1 saturated heterocycles. The van der Waals surface area contributed by atoms with Gasteiger partial charge in [0.05, 0.1) is 6.04 Å². The van der Waals surface area contributed by atoms with Crippen LogP contribution < -0.4 is 5.46 Å². The summed E-state index contributed by atoms with van der Waals surface area (Å²) in [5.74, 6) is 0.0650. The van der Waals surface area contributed by atoms with Gasteiger partial charge in [-0.1, -0.05) is 6.58 Å². The maximum Gasteiger partial charge on any atom is 0.245 e. The average Bonchev–Trinajstić information content (AvgIpc) is 2.56. The van der Waals surface area contributed by atoms with Gasteiger partial charge in [0.1, 0.15) is 7.85 Å². The highest BCUT2D eigenvalue weighted by Crippen LogP contribution is 2.54. The molecule has 1 saturated carbocycles. The summed E-state index contributed by atoms with van der Waals surface area (Å²) in [6.45, 7) is 7.45. The molecule has 3 rings (SSSR count). The second-order valence-electron chi connectivity index (χ2n) is 5.82. The number of carbonyl (C=O) groups excluding carboxylic acids is 1. The molecule has 2 aliphatic rings. The van der Waals surface area contributed by atoms with Crippen LogP contribution in [0.2, 0.25) is 0 Å². The second kappa shape index (κ2) is 3.74. The smallest absolute Gasteiger partial charge is 0.245 e. The average molecular weight is 243 g/mol. The van der Waals surface area contributed by atoms with Gasteiger partial charge in [0.2, 0.25) is 5.91 Å². The van der Waals surface area contributed by atoms with Crippen molar-refractivity contribution in [3.63, 3.8) is 0 Å². The number of rotatable bonds is 2. The molecule has 5 heteroatoms. The monoisotopic (exact) mass is 243 g/mol. The molecule has 0 unspecified atom stereocenters. The van der Waals surface area contributed by atoms with Crippen molar-refractivity contribution in [1.29, 1.82) is 0 Å². The third kappa shape index (κ3) is 1.53. The van der Waals surface area contributed by atoms with Gasteiger partial charge in [-0.15, -0.1) is 0 Å². The number of carbonyl (C=O) groups is 1. The second-order valence-corrected chi connectivity index (χ2v) is 5.82. The highest BCUT2D eigenvalue weighted by Gasteiger charge is 2.54. The van der Waals surface area contributed by atoms with Crippen LogP contribution in [0.15, 0.2) is 18.9 Å². The van der Waals surface area contributed by atoms with Crippen molar-refractivity contribution in [2.24, 2.45) is 5.41 Å². The molecule has 94 valence electrons. The van der Waals surface area contributed by atoms with Gasteiger partial charge < -0.3 is 4.90 Å². The van der Waals surface area contributed by atoms with Gasteiger partial charge in [-0.25, -0.2) is 0 Å². The van der Waals surface area contributed by atoms with Crippen LogP contribution in [0.4, 0.5) is 0 Å². The third-order valence-corrected chi connectivity index (χ3v) is 4.51. The zero-order chi connectivity index (χ0) is 12.9. The first-order chi connectivity index (χ1) is 8.54. The topological polar surface area (TPSA) is 38.1 Å². The van der Waals surface area contributed by atoms with E-state index in [1.54, 1.807) is 0 Å². The van der Waals surface area contributed by atoms with Crippen molar-refractivity contribution < 1.29 is 4.79 Å². The Morgan fingerprint density at radius 2 is 2.28 bits per heavy atom. The van der Waals surface area contributed by atoms with Gasteiger partial charge in [0.15, 0.2) is 0 Å². The fraction of sp³-hybridized carbons (Fsp3) is 0.538. The summed E-state index contributed by atoms with van der Waals surface area (Å²) in [7, 11) is 2.10. The van der Waals surface area contributed by atoms with Gasteiger partial charge in [-0.2, -0.15) is 5.10 Å². The van der Waals surface area contributed by atoms with E-state index in [-0.39, 0.29) is 5.91 Å². The summed E-state index contributed by atoms with van der Waals surface area (Å²) in [4.78, 5) is 13.3. The van der Waals surface area contributed by atoms with Crippen LogP contribution in [-0.4, -0.2) is 41.5 Å². The number of likely N-dealkylation sites (tertiary alicyclic amines) is 1. The van der Waals surface area contributed by atoms with Gasteiger partial charge in [0, 0.05) is 30.4 Å². The van der Waals surface area contributed by atoms with E-state index in [9.17, 15) is 4.79 Å². The number of hydrogen-bond acceptors (Lipinski definition) is 2. The summed E-state index contributed by atoms with van der Waals surface area (Å²) in [6.07, 6.45) is 5.64. The molecular weight excluding hydrogens is 225 g/mol. The minimum Gasteiger partial charge on any atom is -0.338 e. The Labute approximate surface area is 108 Å². The lowest BCUT2D eigenvalue weighted by molar-refractivity contribution is -0.149. The fourth-order valence-corrected chi connectivity index (χ4v) is 3.30. The summed E-state index contributed by atoms with van der Waals surface area (Å²) >= 11 is 0. The summed E-state index contributed by atoms with van der Waals surface area (Å²) in [6, 6.07) is 0.527. The van der Waals surface area contributed by atoms with Gasteiger partial charge in [-0.05, 0) is 31.3 Å². The largest absolute Gasteiger partial charge is 0.338 e. The van der Waals surface area contributed by atoms with Crippen LogP contribution in [-0.2, 0) is 4.79 Å². The Morgan fingerprint density at radius 3 is 2.78 bits per heavy atom. The lowest BCUT2D eigenvalue weighted by Crippen LogP contribution is -2.63. The molecule has 0 bridgehead atoms. The third-order valence-electron chi connectivity index (χ3n) is 4.51. The zero-order valence-corrected chi connectivity index (χ0v) is 11.0. The van der Waals surface area contributed by atoms with E-state index in [2.05, 4.69) is 31.1 Å². The number of hydrogen-bond donors (Lipinski definition) is 0. The predicted octanol–water partition coefficient (Wildman–Crippen LogP) is -0.201. The lowest BCUT2D eigenvalue weighted by Gasteiger charge is -2.58. The molecular formula is C13H18BN3O. The highest BCUT2D eigenvalue weighted by atomic mass is 16.2. The highest BCUT2D eigenvalue weighted by molar-refractivity contribution is 6.32. The first-order valence-corrected chi connectivity index (χ1v) is 6.47. The number of nitrogens with zero attached hydrogens (tertiary/aromatic N) is 3. The lowest BCUT2D eigenvalue weighted by atomic mass is 9.60. The quantitative estimate of drug-likeness (QED) is 0.533. The Morgan fingerprint density at radius 1 is 1.61 bits per heavy atom. The van der Waals surface area contributed by atoms with Crippen molar-refractivity contribution in [2.75, 3.05) is 13.1 Å². The molecule has 2 heterocycles. The van der Waals surface area contributed by atoms with E-state index in [4.69, 9.17) is 0 Å². The van der Waals surface area contributed by atoms with E-state index in [1.165, 1.54) is 17.2 Å².